The van der Waals surface area contributed by atoms with Gasteiger partial charge >= 0.3 is 0 Å². The average molecular weight is 376 g/mol. The Balaban J connectivity index is 1.77. The van der Waals surface area contributed by atoms with Gasteiger partial charge in [-0.05, 0) is 37.5 Å². The highest BCUT2D eigenvalue weighted by atomic mass is 32.2. The number of sulfonamides is 1. The van der Waals surface area contributed by atoms with Gasteiger partial charge in [-0.2, -0.15) is 4.31 Å². The van der Waals surface area contributed by atoms with E-state index in [4.69, 9.17) is 4.42 Å². The van der Waals surface area contributed by atoms with E-state index in [1.54, 1.807) is 4.90 Å². The zero-order valence-electron chi connectivity index (χ0n) is 15.1. The minimum atomic E-state index is -3.41. The highest BCUT2D eigenvalue weighted by molar-refractivity contribution is 7.88. The minimum absolute atomic E-state index is 0.0432. The first-order valence-corrected chi connectivity index (χ1v) is 10.5. The lowest BCUT2D eigenvalue weighted by Gasteiger charge is -2.26. The van der Waals surface area contributed by atoms with E-state index in [0.29, 0.717) is 18.8 Å². The summed E-state index contributed by atoms with van der Waals surface area (Å²) in [6.45, 7) is 2.44. The van der Waals surface area contributed by atoms with Crippen LogP contribution in [0.3, 0.4) is 0 Å². The SMILES string of the molecule is Cc1ccc(CN(Cc2ccccc2)C(=O)CN(C2CC2)S(C)(=O)=O)o1. The van der Waals surface area contributed by atoms with Crippen molar-refractivity contribution in [3.05, 3.63) is 59.5 Å². The van der Waals surface area contributed by atoms with Crippen molar-refractivity contribution in [2.45, 2.75) is 38.9 Å². The van der Waals surface area contributed by atoms with Gasteiger partial charge in [0.2, 0.25) is 15.9 Å². The predicted molar refractivity (Wildman–Crippen MR) is 98.7 cm³/mol. The van der Waals surface area contributed by atoms with E-state index in [1.165, 1.54) is 4.31 Å². The fourth-order valence-corrected chi connectivity index (χ4v) is 4.00. The summed E-state index contributed by atoms with van der Waals surface area (Å²) in [6, 6.07) is 13.3. The average Bonchev–Trinajstić information content (AvgIpc) is 3.33. The van der Waals surface area contributed by atoms with Gasteiger partial charge in [0.05, 0.1) is 19.3 Å². The summed E-state index contributed by atoms with van der Waals surface area (Å²) in [5, 5.41) is 0. The molecule has 1 heterocycles. The normalized spacial score (nSPS) is 14.6. The molecule has 26 heavy (non-hydrogen) atoms. The van der Waals surface area contributed by atoms with Crippen LogP contribution >= 0.6 is 0 Å². The van der Waals surface area contributed by atoms with E-state index >= 15 is 0 Å². The van der Waals surface area contributed by atoms with Crippen LogP contribution in [-0.2, 0) is 27.9 Å². The van der Waals surface area contributed by atoms with Crippen LogP contribution in [-0.4, -0.2) is 42.4 Å². The van der Waals surface area contributed by atoms with Crippen molar-refractivity contribution < 1.29 is 17.6 Å². The highest BCUT2D eigenvalue weighted by Gasteiger charge is 2.37. The van der Waals surface area contributed by atoms with Gasteiger partial charge < -0.3 is 9.32 Å². The van der Waals surface area contributed by atoms with E-state index in [9.17, 15) is 13.2 Å². The second kappa shape index (κ2) is 7.63. The summed E-state index contributed by atoms with van der Waals surface area (Å²) in [5.41, 5.74) is 0.987. The Labute approximate surface area is 154 Å². The van der Waals surface area contributed by atoms with Crippen LogP contribution in [0, 0.1) is 6.92 Å². The molecule has 0 N–H and O–H groups in total. The molecular formula is C19H24N2O4S. The lowest BCUT2D eigenvalue weighted by atomic mass is 10.2. The number of furan rings is 1. The molecular weight excluding hydrogens is 352 g/mol. The predicted octanol–water partition coefficient (Wildman–Crippen LogP) is 2.54. The quantitative estimate of drug-likeness (QED) is 0.710. The molecule has 1 aromatic heterocycles. The van der Waals surface area contributed by atoms with Crippen LogP contribution in [0.1, 0.15) is 29.9 Å². The molecule has 7 heteroatoms. The Morgan fingerprint density at radius 2 is 1.81 bits per heavy atom. The van der Waals surface area contributed by atoms with Crippen LogP contribution in [0.2, 0.25) is 0 Å². The van der Waals surface area contributed by atoms with Crippen molar-refractivity contribution >= 4 is 15.9 Å². The Morgan fingerprint density at radius 1 is 1.12 bits per heavy atom. The Bertz CT molecular complexity index is 857. The molecule has 0 atom stereocenters. The van der Waals surface area contributed by atoms with Crippen molar-refractivity contribution in [3.8, 4) is 0 Å². The maximum Gasteiger partial charge on any atom is 0.238 e. The van der Waals surface area contributed by atoms with E-state index in [1.807, 2.05) is 49.4 Å². The summed E-state index contributed by atoms with van der Waals surface area (Å²) in [6.07, 6.45) is 2.79. The van der Waals surface area contributed by atoms with Crippen LogP contribution in [0.5, 0.6) is 0 Å². The molecule has 0 bridgehead atoms. The molecule has 2 aromatic rings. The van der Waals surface area contributed by atoms with Crippen molar-refractivity contribution in [3.63, 3.8) is 0 Å². The number of carbonyl (C=O) groups excluding carboxylic acids is 1. The van der Waals surface area contributed by atoms with Crippen LogP contribution in [0.15, 0.2) is 46.9 Å². The molecule has 0 spiro atoms. The molecule has 140 valence electrons. The molecule has 1 aliphatic carbocycles. The second-order valence-electron chi connectivity index (χ2n) is 6.79. The van der Waals surface area contributed by atoms with Crippen molar-refractivity contribution in [2.24, 2.45) is 0 Å². The maximum atomic E-state index is 12.9. The molecule has 0 aliphatic heterocycles. The van der Waals surface area contributed by atoms with Crippen LogP contribution in [0.4, 0.5) is 0 Å². The van der Waals surface area contributed by atoms with Gasteiger partial charge in [0.15, 0.2) is 0 Å². The summed E-state index contributed by atoms with van der Waals surface area (Å²) in [5.74, 6) is 1.24. The highest BCUT2D eigenvalue weighted by Crippen LogP contribution is 2.29. The zero-order valence-corrected chi connectivity index (χ0v) is 15.9. The van der Waals surface area contributed by atoms with Gasteiger partial charge in [-0.3, -0.25) is 4.79 Å². The maximum absolute atomic E-state index is 12.9. The van der Waals surface area contributed by atoms with Gasteiger partial charge in [0.1, 0.15) is 11.5 Å². The number of hydrogen-bond acceptors (Lipinski definition) is 4. The molecule has 1 aliphatic rings. The molecule has 0 unspecified atom stereocenters. The number of carbonyl (C=O) groups is 1. The van der Waals surface area contributed by atoms with Gasteiger partial charge in [-0.15, -0.1) is 0 Å². The van der Waals surface area contributed by atoms with Crippen molar-refractivity contribution in [1.82, 2.24) is 9.21 Å². The fraction of sp³-hybridized carbons (Fsp3) is 0.421. The van der Waals surface area contributed by atoms with E-state index in [0.717, 1.165) is 30.4 Å². The van der Waals surface area contributed by atoms with Gasteiger partial charge in [0.25, 0.3) is 0 Å². The molecule has 1 saturated carbocycles. The molecule has 1 amide bonds. The number of aryl methyl sites for hydroxylation is 1. The van der Waals surface area contributed by atoms with E-state index in [-0.39, 0.29) is 18.5 Å². The van der Waals surface area contributed by atoms with Crippen molar-refractivity contribution in [2.75, 3.05) is 12.8 Å². The Hall–Kier alpha value is -2.12. The number of benzene rings is 1. The fourth-order valence-electron chi connectivity index (χ4n) is 2.91. The Kier molecular flexibility index (Phi) is 5.48. The number of nitrogens with zero attached hydrogens (tertiary/aromatic N) is 2. The Morgan fingerprint density at radius 3 is 2.35 bits per heavy atom. The molecule has 1 aromatic carbocycles. The van der Waals surface area contributed by atoms with Gasteiger partial charge in [-0.25, -0.2) is 8.42 Å². The smallest absolute Gasteiger partial charge is 0.238 e. The molecule has 0 saturated heterocycles. The molecule has 0 radical (unpaired) electrons. The third kappa shape index (κ3) is 4.95. The monoisotopic (exact) mass is 376 g/mol. The second-order valence-corrected chi connectivity index (χ2v) is 8.72. The summed E-state index contributed by atoms with van der Waals surface area (Å²) < 4.78 is 31.0. The first-order valence-electron chi connectivity index (χ1n) is 8.67. The molecule has 6 nitrogen and oxygen atoms in total. The third-order valence-electron chi connectivity index (χ3n) is 4.38. The first kappa shape index (κ1) is 18.7. The summed E-state index contributed by atoms with van der Waals surface area (Å²) in [4.78, 5) is 14.6. The lowest BCUT2D eigenvalue weighted by Crippen LogP contribution is -2.43. The van der Waals surface area contributed by atoms with Crippen molar-refractivity contribution in [1.29, 1.82) is 0 Å². The first-order chi connectivity index (χ1) is 12.3. The summed E-state index contributed by atoms with van der Waals surface area (Å²) in [7, 11) is -3.41. The van der Waals surface area contributed by atoms with Gasteiger partial charge in [-0.1, -0.05) is 30.3 Å². The lowest BCUT2D eigenvalue weighted by molar-refractivity contribution is -0.133. The molecule has 3 rings (SSSR count). The summed E-state index contributed by atoms with van der Waals surface area (Å²) >= 11 is 0. The number of rotatable bonds is 8. The number of amides is 1. The topological polar surface area (TPSA) is 70.8 Å². The zero-order chi connectivity index (χ0) is 18.7. The van der Waals surface area contributed by atoms with Crippen LogP contribution < -0.4 is 0 Å². The van der Waals surface area contributed by atoms with E-state index in [2.05, 4.69) is 0 Å². The molecule has 1 fully saturated rings. The van der Waals surface area contributed by atoms with Crippen LogP contribution in [0.25, 0.3) is 0 Å². The van der Waals surface area contributed by atoms with E-state index < -0.39 is 10.0 Å². The minimum Gasteiger partial charge on any atom is -0.464 e. The largest absolute Gasteiger partial charge is 0.464 e. The number of hydrogen-bond donors (Lipinski definition) is 0. The standard InChI is InChI=1S/C19H24N2O4S/c1-15-8-11-18(25-15)13-20(12-16-6-4-3-5-7-16)19(22)14-21(17-9-10-17)26(2,23)24/h3-8,11,17H,9-10,12-14H2,1-2H3. The third-order valence-corrected chi connectivity index (χ3v) is 5.66. The van der Waals surface area contributed by atoms with Gasteiger partial charge in [0, 0.05) is 12.6 Å².